The molecule has 1 atom stereocenters. The van der Waals surface area contributed by atoms with Gasteiger partial charge in [-0.2, -0.15) is 5.26 Å². The third kappa shape index (κ3) is 5.87. The SMILES string of the molecule is CC(C)(C)C1CCc2nc(SCCC(=O)Nc3nc(-c4ccc5ccccc5c4)cs3)c(C#N)cc2C1. The number of aromatic nitrogens is 2. The number of carbonyl (C=O) groups is 1. The van der Waals surface area contributed by atoms with E-state index in [1.807, 2.05) is 23.6 Å². The first-order chi connectivity index (χ1) is 17.8. The molecule has 1 unspecified atom stereocenters. The van der Waals surface area contributed by atoms with Crippen molar-refractivity contribution in [2.45, 2.75) is 51.5 Å². The van der Waals surface area contributed by atoms with Gasteiger partial charge in [0.05, 0.1) is 11.3 Å². The van der Waals surface area contributed by atoms with Gasteiger partial charge in [-0.3, -0.25) is 4.79 Å². The van der Waals surface area contributed by atoms with Crippen LogP contribution in [0.15, 0.2) is 58.9 Å². The Morgan fingerprint density at radius 3 is 2.76 bits per heavy atom. The summed E-state index contributed by atoms with van der Waals surface area (Å²) in [5, 5.41) is 18.3. The molecule has 1 aliphatic carbocycles. The molecule has 0 bridgehead atoms. The fourth-order valence-electron chi connectivity index (χ4n) is 4.81. The number of fused-ring (bicyclic) bond motifs is 2. The molecule has 2 heterocycles. The summed E-state index contributed by atoms with van der Waals surface area (Å²) in [6, 6.07) is 18.8. The van der Waals surface area contributed by atoms with E-state index in [1.165, 1.54) is 34.0 Å². The van der Waals surface area contributed by atoms with Gasteiger partial charge >= 0.3 is 0 Å². The van der Waals surface area contributed by atoms with Gasteiger partial charge in [0, 0.05) is 28.8 Å². The van der Waals surface area contributed by atoms with E-state index >= 15 is 0 Å². The number of amides is 1. The van der Waals surface area contributed by atoms with Gasteiger partial charge in [-0.05, 0) is 59.1 Å². The van der Waals surface area contributed by atoms with Gasteiger partial charge in [0.25, 0.3) is 0 Å². The summed E-state index contributed by atoms with van der Waals surface area (Å²) in [6.45, 7) is 6.85. The largest absolute Gasteiger partial charge is 0.302 e. The van der Waals surface area contributed by atoms with E-state index in [2.05, 4.69) is 67.5 Å². The van der Waals surface area contributed by atoms with Crippen LogP contribution in [0.4, 0.5) is 5.13 Å². The van der Waals surface area contributed by atoms with Crippen LogP contribution in [0.1, 0.15) is 50.4 Å². The topological polar surface area (TPSA) is 78.7 Å². The zero-order valence-electron chi connectivity index (χ0n) is 21.4. The summed E-state index contributed by atoms with van der Waals surface area (Å²) in [7, 11) is 0. The molecular weight excluding hydrogens is 496 g/mol. The van der Waals surface area contributed by atoms with E-state index in [9.17, 15) is 10.1 Å². The van der Waals surface area contributed by atoms with Gasteiger partial charge in [-0.1, -0.05) is 57.2 Å². The number of thiazole rings is 1. The lowest BCUT2D eigenvalue weighted by Crippen LogP contribution is -2.27. The molecule has 37 heavy (non-hydrogen) atoms. The summed E-state index contributed by atoms with van der Waals surface area (Å²) >= 11 is 2.91. The highest BCUT2D eigenvalue weighted by Crippen LogP contribution is 2.38. The van der Waals surface area contributed by atoms with E-state index in [0.717, 1.165) is 46.6 Å². The minimum Gasteiger partial charge on any atom is -0.302 e. The van der Waals surface area contributed by atoms with Crippen LogP contribution in [0.3, 0.4) is 0 Å². The number of nitrogens with one attached hydrogen (secondary N) is 1. The number of nitrogens with zero attached hydrogens (tertiary/aromatic N) is 3. The van der Waals surface area contributed by atoms with E-state index < -0.39 is 0 Å². The van der Waals surface area contributed by atoms with E-state index in [0.29, 0.717) is 28.8 Å². The van der Waals surface area contributed by atoms with Crippen LogP contribution in [0.25, 0.3) is 22.0 Å². The molecule has 0 spiro atoms. The van der Waals surface area contributed by atoms with Gasteiger partial charge in [-0.25, -0.2) is 9.97 Å². The predicted octanol–water partition coefficient (Wildman–Crippen LogP) is 7.50. The molecule has 5 rings (SSSR count). The molecule has 0 aliphatic heterocycles. The molecule has 0 radical (unpaired) electrons. The van der Waals surface area contributed by atoms with E-state index in [1.54, 1.807) is 0 Å². The van der Waals surface area contributed by atoms with Crippen LogP contribution in [0.5, 0.6) is 0 Å². The van der Waals surface area contributed by atoms with Crippen molar-refractivity contribution >= 4 is 44.9 Å². The lowest BCUT2D eigenvalue weighted by atomic mass is 9.71. The van der Waals surface area contributed by atoms with E-state index in [4.69, 9.17) is 4.98 Å². The first kappa shape index (κ1) is 25.4. The van der Waals surface area contributed by atoms with Gasteiger partial charge < -0.3 is 5.32 Å². The summed E-state index contributed by atoms with van der Waals surface area (Å²) in [4.78, 5) is 22.1. The number of hydrogen-bond donors (Lipinski definition) is 1. The van der Waals surface area contributed by atoms with Gasteiger partial charge in [-0.15, -0.1) is 23.1 Å². The molecule has 0 saturated carbocycles. The molecule has 0 saturated heterocycles. The Balaban J connectivity index is 1.18. The predicted molar refractivity (Wildman–Crippen MR) is 153 cm³/mol. The lowest BCUT2D eigenvalue weighted by molar-refractivity contribution is -0.115. The smallest absolute Gasteiger partial charge is 0.226 e. The fraction of sp³-hybridized carbons (Fsp3) is 0.333. The van der Waals surface area contributed by atoms with Crippen molar-refractivity contribution in [1.29, 1.82) is 5.26 Å². The second kappa shape index (κ2) is 10.6. The average Bonchev–Trinajstić information content (AvgIpc) is 3.35. The zero-order chi connectivity index (χ0) is 26.0. The van der Waals surface area contributed by atoms with Crippen molar-refractivity contribution in [3.8, 4) is 17.3 Å². The van der Waals surface area contributed by atoms with Gasteiger partial charge in [0.2, 0.25) is 5.91 Å². The lowest BCUT2D eigenvalue weighted by Gasteiger charge is -2.34. The minimum absolute atomic E-state index is 0.0867. The molecular formula is C30H30N4OS2. The normalized spacial score (nSPS) is 15.2. The quantitative estimate of drug-likeness (QED) is 0.263. The first-order valence-corrected chi connectivity index (χ1v) is 14.5. The number of pyridine rings is 1. The van der Waals surface area contributed by atoms with Crippen LogP contribution >= 0.6 is 23.1 Å². The Hall–Kier alpha value is -3.21. The van der Waals surface area contributed by atoms with Crippen LogP contribution in [0, 0.1) is 22.7 Å². The standard InChI is InChI=1S/C30H30N4OS2/c1-30(2,3)24-10-11-25-22(16-24)15-23(17-31)28(32-25)36-13-12-27(35)34-29-33-26(18-37-29)21-9-8-19-6-4-5-7-20(19)14-21/h4-9,14-15,18,24H,10-13,16H2,1-3H3,(H,33,34,35). The Morgan fingerprint density at radius 2 is 1.97 bits per heavy atom. The Morgan fingerprint density at radius 1 is 1.16 bits per heavy atom. The molecule has 4 aromatic rings. The second-order valence-electron chi connectivity index (χ2n) is 10.6. The molecule has 7 heteroatoms. The third-order valence-electron chi connectivity index (χ3n) is 7.06. The monoisotopic (exact) mass is 526 g/mol. The summed E-state index contributed by atoms with van der Waals surface area (Å²) < 4.78 is 0. The van der Waals surface area contributed by atoms with E-state index in [-0.39, 0.29) is 11.3 Å². The maximum absolute atomic E-state index is 12.6. The maximum Gasteiger partial charge on any atom is 0.226 e. The Kier molecular flexibility index (Phi) is 7.32. The van der Waals surface area contributed by atoms with Gasteiger partial charge in [0.1, 0.15) is 11.1 Å². The molecule has 188 valence electrons. The number of carbonyl (C=O) groups excluding carboxylic acids is 1. The number of hydrogen-bond acceptors (Lipinski definition) is 6. The van der Waals surface area contributed by atoms with Crippen molar-refractivity contribution < 1.29 is 4.79 Å². The number of rotatable bonds is 6. The molecule has 0 fully saturated rings. The fourth-order valence-corrected chi connectivity index (χ4v) is 6.46. The average molecular weight is 527 g/mol. The van der Waals surface area contributed by atoms with Gasteiger partial charge in [0.15, 0.2) is 5.13 Å². The molecule has 2 aromatic heterocycles. The number of anilines is 1. The molecule has 2 aromatic carbocycles. The number of benzene rings is 2. The first-order valence-electron chi connectivity index (χ1n) is 12.6. The minimum atomic E-state index is -0.0867. The highest BCUT2D eigenvalue weighted by atomic mass is 32.2. The summed E-state index contributed by atoms with van der Waals surface area (Å²) in [5.74, 6) is 1.07. The number of aryl methyl sites for hydroxylation is 1. The maximum atomic E-state index is 12.6. The van der Waals surface area contributed by atoms with Crippen molar-refractivity contribution in [2.75, 3.05) is 11.1 Å². The van der Waals surface area contributed by atoms with Crippen LogP contribution in [-0.2, 0) is 17.6 Å². The molecule has 1 aliphatic rings. The Labute approximate surface area is 226 Å². The molecule has 5 nitrogen and oxygen atoms in total. The summed E-state index contributed by atoms with van der Waals surface area (Å²) in [6.07, 6.45) is 3.37. The Bertz CT molecular complexity index is 1500. The van der Waals surface area contributed by atoms with Crippen LogP contribution in [0.2, 0.25) is 0 Å². The molecule has 1 N–H and O–H groups in total. The number of nitriles is 1. The third-order valence-corrected chi connectivity index (χ3v) is 8.81. The zero-order valence-corrected chi connectivity index (χ0v) is 23.0. The second-order valence-corrected chi connectivity index (χ2v) is 12.6. The highest BCUT2D eigenvalue weighted by Gasteiger charge is 2.30. The van der Waals surface area contributed by atoms with Crippen molar-refractivity contribution in [3.63, 3.8) is 0 Å². The van der Waals surface area contributed by atoms with Crippen molar-refractivity contribution in [1.82, 2.24) is 9.97 Å². The number of thioether (sulfide) groups is 1. The van der Waals surface area contributed by atoms with Crippen LogP contribution < -0.4 is 5.32 Å². The van der Waals surface area contributed by atoms with Crippen LogP contribution in [-0.4, -0.2) is 21.6 Å². The molecule has 1 amide bonds. The summed E-state index contributed by atoms with van der Waals surface area (Å²) in [5.41, 5.74) is 5.05. The highest BCUT2D eigenvalue weighted by molar-refractivity contribution is 7.99. The van der Waals surface area contributed by atoms with Crippen molar-refractivity contribution in [3.05, 3.63) is 70.7 Å². The van der Waals surface area contributed by atoms with Crippen molar-refractivity contribution in [2.24, 2.45) is 11.3 Å².